The molecule has 0 unspecified atom stereocenters. The van der Waals surface area contributed by atoms with Gasteiger partial charge in [-0.25, -0.2) is 0 Å². The standard InChI is InChI=1S/C17H16N2O3S/c1-21-14-6-12-13(7-15(14)22-2)18-8-11-5-16-10(3-4-23-16)9-19(11)17(12)20/h3-4,6-8,11H,5,9H2,1-2H3/t11-/m0/s1. The van der Waals surface area contributed by atoms with Gasteiger partial charge in [-0.3, -0.25) is 9.79 Å². The van der Waals surface area contributed by atoms with E-state index in [1.807, 2.05) is 11.1 Å². The number of rotatable bonds is 2. The lowest BCUT2D eigenvalue weighted by molar-refractivity contribution is 0.0705. The molecule has 0 spiro atoms. The van der Waals surface area contributed by atoms with E-state index in [0.29, 0.717) is 29.3 Å². The number of hydrogen-bond acceptors (Lipinski definition) is 5. The molecule has 1 aromatic heterocycles. The summed E-state index contributed by atoms with van der Waals surface area (Å²) in [6.45, 7) is 0.627. The number of nitrogens with zero attached hydrogens (tertiary/aromatic N) is 2. The maximum Gasteiger partial charge on any atom is 0.257 e. The highest BCUT2D eigenvalue weighted by atomic mass is 32.1. The minimum Gasteiger partial charge on any atom is -0.493 e. The molecule has 0 radical (unpaired) electrons. The van der Waals surface area contributed by atoms with E-state index >= 15 is 0 Å². The Balaban J connectivity index is 1.80. The van der Waals surface area contributed by atoms with Crippen LogP contribution in [0.3, 0.4) is 0 Å². The second-order valence-corrected chi connectivity index (χ2v) is 6.58. The van der Waals surface area contributed by atoms with Crippen molar-refractivity contribution in [3.8, 4) is 11.5 Å². The third kappa shape index (κ3) is 2.21. The van der Waals surface area contributed by atoms with Crippen molar-refractivity contribution in [3.63, 3.8) is 0 Å². The maximum absolute atomic E-state index is 13.0. The molecule has 4 rings (SSSR count). The minimum absolute atomic E-state index is 0.00182. The van der Waals surface area contributed by atoms with Crippen LogP contribution in [0.25, 0.3) is 0 Å². The van der Waals surface area contributed by atoms with Gasteiger partial charge in [0.15, 0.2) is 11.5 Å². The smallest absolute Gasteiger partial charge is 0.257 e. The zero-order chi connectivity index (χ0) is 16.0. The summed E-state index contributed by atoms with van der Waals surface area (Å²) in [7, 11) is 3.14. The summed E-state index contributed by atoms with van der Waals surface area (Å²) in [6, 6.07) is 5.58. The summed E-state index contributed by atoms with van der Waals surface area (Å²) in [5.74, 6) is 1.11. The van der Waals surface area contributed by atoms with Gasteiger partial charge in [-0.15, -0.1) is 11.3 Å². The van der Waals surface area contributed by atoms with Crippen LogP contribution in [0.2, 0.25) is 0 Å². The predicted octanol–water partition coefficient (Wildman–Crippen LogP) is 3.05. The zero-order valence-corrected chi connectivity index (χ0v) is 13.7. The molecule has 5 nitrogen and oxygen atoms in total. The van der Waals surface area contributed by atoms with Gasteiger partial charge in [0.1, 0.15) is 0 Å². The highest BCUT2D eigenvalue weighted by Crippen LogP contribution is 2.38. The van der Waals surface area contributed by atoms with Crippen LogP contribution in [0.1, 0.15) is 20.8 Å². The Morgan fingerprint density at radius 3 is 2.83 bits per heavy atom. The molecule has 3 heterocycles. The number of aliphatic imine (C=N–C) groups is 1. The first-order valence-electron chi connectivity index (χ1n) is 7.37. The van der Waals surface area contributed by atoms with Crippen molar-refractivity contribution in [2.45, 2.75) is 19.0 Å². The number of methoxy groups -OCH3 is 2. The lowest BCUT2D eigenvalue weighted by atomic mass is 10.0. The first-order valence-corrected chi connectivity index (χ1v) is 8.25. The Kier molecular flexibility index (Phi) is 3.34. The number of hydrogen-bond donors (Lipinski definition) is 0. The largest absolute Gasteiger partial charge is 0.493 e. The van der Waals surface area contributed by atoms with Crippen molar-refractivity contribution in [2.75, 3.05) is 14.2 Å². The fourth-order valence-corrected chi connectivity index (χ4v) is 4.06. The normalized spacial score (nSPS) is 18.8. The highest BCUT2D eigenvalue weighted by Gasteiger charge is 2.33. The number of ether oxygens (including phenoxy) is 2. The van der Waals surface area contributed by atoms with E-state index < -0.39 is 0 Å². The summed E-state index contributed by atoms with van der Waals surface area (Å²) in [6.07, 6.45) is 2.70. The SMILES string of the molecule is COc1cc2c(cc1OC)C(=O)N1Cc3ccsc3C[C@H]1C=N2. The molecule has 0 N–H and O–H groups in total. The van der Waals surface area contributed by atoms with E-state index in [1.165, 1.54) is 10.4 Å². The number of benzene rings is 1. The van der Waals surface area contributed by atoms with Gasteiger partial charge in [0.25, 0.3) is 5.91 Å². The van der Waals surface area contributed by atoms with Gasteiger partial charge in [0, 0.05) is 30.1 Å². The van der Waals surface area contributed by atoms with Crippen molar-refractivity contribution in [1.29, 1.82) is 0 Å². The van der Waals surface area contributed by atoms with Gasteiger partial charge in [0.05, 0.1) is 31.5 Å². The summed E-state index contributed by atoms with van der Waals surface area (Å²) in [5, 5.41) is 2.08. The van der Waals surface area contributed by atoms with Crippen LogP contribution in [0, 0.1) is 0 Å². The van der Waals surface area contributed by atoms with E-state index in [1.54, 1.807) is 37.7 Å². The Bertz CT molecular complexity index is 812. The summed E-state index contributed by atoms with van der Waals surface area (Å²) >= 11 is 1.75. The van der Waals surface area contributed by atoms with Crippen molar-refractivity contribution >= 4 is 29.1 Å². The fraction of sp³-hybridized carbons (Fsp3) is 0.294. The monoisotopic (exact) mass is 328 g/mol. The summed E-state index contributed by atoms with van der Waals surface area (Å²) in [5.41, 5.74) is 2.42. The van der Waals surface area contributed by atoms with E-state index in [0.717, 1.165) is 6.42 Å². The number of carbonyl (C=O) groups is 1. The van der Waals surface area contributed by atoms with Crippen LogP contribution in [0.5, 0.6) is 11.5 Å². The molecule has 0 bridgehead atoms. The van der Waals surface area contributed by atoms with Gasteiger partial charge < -0.3 is 14.4 Å². The van der Waals surface area contributed by atoms with E-state index in [-0.39, 0.29) is 11.9 Å². The zero-order valence-electron chi connectivity index (χ0n) is 12.9. The maximum atomic E-state index is 13.0. The molecule has 1 atom stereocenters. The van der Waals surface area contributed by atoms with Crippen LogP contribution >= 0.6 is 11.3 Å². The van der Waals surface area contributed by atoms with Gasteiger partial charge in [0.2, 0.25) is 0 Å². The molecule has 0 aliphatic carbocycles. The molecule has 0 saturated carbocycles. The molecule has 2 aromatic rings. The van der Waals surface area contributed by atoms with Crippen LogP contribution in [0.4, 0.5) is 5.69 Å². The third-order valence-electron chi connectivity index (χ3n) is 4.35. The quantitative estimate of drug-likeness (QED) is 0.851. The molecule has 1 amide bonds. The Hall–Kier alpha value is -2.34. The number of thiophene rings is 1. The van der Waals surface area contributed by atoms with Gasteiger partial charge in [-0.1, -0.05) is 0 Å². The van der Waals surface area contributed by atoms with Gasteiger partial charge in [-0.2, -0.15) is 0 Å². The molecule has 0 saturated heterocycles. The van der Waals surface area contributed by atoms with Crippen LogP contribution in [0.15, 0.2) is 28.6 Å². The molecule has 2 aliphatic rings. The first kappa shape index (κ1) is 14.3. The third-order valence-corrected chi connectivity index (χ3v) is 5.34. The Morgan fingerprint density at radius 1 is 1.26 bits per heavy atom. The lowest BCUT2D eigenvalue weighted by Gasteiger charge is -2.32. The Morgan fingerprint density at radius 2 is 2.04 bits per heavy atom. The second kappa shape index (κ2) is 5.38. The van der Waals surface area contributed by atoms with Gasteiger partial charge in [-0.05, 0) is 23.1 Å². The van der Waals surface area contributed by atoms with Crippen molar-refractivity contribution in [3.05, 3.63) is 39.6 Å². The van der Waals surface area contributed by atoms with Crippen LogP contribution < -0.4 is 9.47 Å². The number of carbonyl (C=O) groups excluding carboxylic acids is 1. The van der Waals surface area contributed by atoms with Crippen molar-refractivity contribution in [1.82, 2.24) is 4.90 Å². The predicted molar refractivity (Wildman–Crippen MR) is 89.4 cm³/mol. The second-order valence-electron chi connectivity index (χ2n) is 5.58. The summed E-state index contributed by atoms with van der Waals surface area (Å²) < 4.78 is 10.6. The van der Waals surface area contributed by atoms with Crippen molar-refractivity contribution < 1.29 is 14.3 Å². The fourth-order valence-electron chi connectivity index (χ4n) is 3.11. The average molecular weight is 328 g/mol. The molecule has 118 valence electrons. The van der Waals surface area contributed by atoms with E-state index in [2.05, 4.69) is 16.4 Å². The molecular weight excluding hydrogens is 312 g/mol. The molecule has 6 heteroatoms. The molecule has 0 fully saturated rings. The van der Waals surface area contributed by atoms with E-state index in [4.69, 9.17) is 9.47 Å². The number of fused-ring (bicyclic) bond motifs is 3. The van der Waals surface area contributed by atoms with E-state index in [9.17, 15) is 4.79 Å². The van der Waals surface area contributed by atoms with Gasteiger partial charge >= 0.3 is 0 Å². The van der Waals surface area contributed by atoms with Crippen molar-refractivity contribution in [2.24, 2.45) is 4.99 Å². The highest BCUT2D eigenvalue weighted by molar-refractivity contribution is 7.10. The van der Waals surface area contributed by atoms with Crippen LogP contribution in [-0.2, 0) is 13.0 Å². The molecule has 1 aromatic carbocycles. The summed E-state index contributed by atoms with van der Waals surface area (Å²) in [4.78, 5) is 20.8. The Labute approximate surface area is 138 Å². The average Bonchev–Trinajstić information content (AvgIpc) is 2.99. The number of amides is 1. The molecule has 23 heavy (non-hydrogen) atoms. The molecular formula is C17H16N2O3S. The minimum atomic E-state index is -0.0136. The lowest BCUT2D eigenvalue weighted by Crippen LogP contribution is -2.44. The molecule has 2 aliphatic heterocycles. The first-order chi connectivity index (χ1) is 11.2. The van der Waals surface area contributed by atoms with Crippen LogP contribution in [-0.4, -0.2) is 37.3 Å². The topological polar surface area (TPSA) is 51.1 Å².